The first-order chi connectivity index (χ1) is 7.42. The van der Waals surface area contributed by atoms with Crippen LogP contribution in [0.25, 0.3) is 0 Å². The molecule has 1 N–H and O–H groups in total. The zero-order valence-electron chi connectivity index (χ0n) is 8.18. The Morgan fingerprint density at radius 3 is 2.81 bits per heavy atom. The van der Waals surface area contributed by atoms with Crippen LogP contribution < -0.4 is 0 Å². The highest BCUT2D eigenvalue weighted by Crippen LogP contribution is 2.41. The van der Waals surface area contributed by atoms with E-state index in [1.54, 1.807) is 12.1 Å². The Kier molecular flexibility index (Phi) is 2.79. The summed E-state index contributed by atoms with van der Waals surface area (Å²) in [4.78, 5) is 10.9. The lowest BCUT2D eigenvalue weighted by molar-refractivity contribution is -0.137. The number of hydrogen-bond donors (Lipinski definition) is 1. The monoisotopic (exact) mass is 304 g/mol. The van der Waals surface area contributed by atoms with Gasteiger partial charge < -0.3 is 5.11 Å². The van der Waals surface area contributed by atoms with E-state index in [4.69, 9.17) is 5.11 Å². The molecule has 0 saturated carbocycles. The van der Waals surface area contributed by atoms with Crippen molar-refractivity contribution in [1.29, 1.82) is 0 Å². The van der Waals surface area contributed by atoms with Crippen molar-refractivity contribution >= 4 is 31.7 Å². The summed E-state index contributed by atoms with van der Waals surface area (Å²) in [7, 11) is -3.32. The zero-order valence-corrected chi connectivity index (χ0v) is 10.6. The van der Waals surface area contributed by atoms with E-state index in [2.05, 4.69) is 15.9 Å². The fourth-order valence-electron chi connectivity index (χ4n) is 1.99. The van der Waals surface area contributed by atoms with Gasteiger partial charge in [-0.05, 0) is 17.7 Å². The van der Waals surface area contributed by atoms with Crippen LogP contribution in [-0.2, 0) is 14.6 Å². The molecule has 1 heterocycles. The summed E-state index contributed by atoms with van der Waals surface area (Å²) in [6, 6.07) is 4.90. The largest absolute Gasteiger partial charge is 0.481 e. The summed E-state index contributed by atoms with van der Waals surface area (Å²) in [6.45, 7) is 0. The maximum absolute atomic E-state index is 11.8. The van der Waals surface area contributed by atoms with Gasteiger partial charge >= 0.3 is 5.97 Å². The van der Waals surface area contributed by atoms with Gasteiger partial charge in [0.2, 0.25) is 0 Å². The molecule has 0 bridgehead atoms. The van der Waals surface area contributed by atoms with Gasteiger partial charge in [-0.25, -0.2) is 8.42 Å². The van der Waals surface area contributed by atoms with E-state index in [1.165, 1.54) is 6.07 Å². The smallest absolute Gasteiger partial charge is 0.303 e. The highest BCUT2D eigenvalue weighted by molar-refractivity contribution is 9.10. The number of hydrogen-bond acceptors (Lipinski definition) is 3. The van der Waals surface area contributed by atoms with E-state index in [9.17, 15) is 13.2 Å². The van der Waals surface area contributed by atoms with Crippen LogP contribution in [0.2, 0.25) is 0 Å². The Hall–Kier alpha value is -0.880. The first-order valence-electron chi connectivity index (χ1n) is 4.65. The Morgan fingerprint density at radius 1 is 1.50 bits per heavy atom. The molecule has 0 amide bonds. The quantitative estimate of drug-likeness (QED) is 0.904. The number of rotatable bonds is 2. The minimum absolute atomic E-state index is 0.114. The van der Waals surface area contributed by atoms with Crippen LogP contribution in [0.1, 0.15) is 17.9 Å². The summed E-state index contributed by atoms with van der Waals surface area (Å²) in [5.41, 5.74) is 0.602. The van der Waals surface area contributed by atoms with Gasteiger partial charge in [-0.3, -0.25) is 4.79 Å². The summed E-state index contributed by atoms with van der Waals surface area (Å²) in [5, 5.41) is 8.75. The highest BCUT2D eigenvalue weighted by atomic mass is 79.9. The topological polar surface area (TPSA) is 71.4 Å². The van der Waals surface area contributed by atoms with Crippen LogP contribution in [0.5, 0.6) is 0 Å². The van der Waals surface area contributed by atoms with E-state index in [1.807, 2.05) is 0 Å². The first kappa shape index (κ1) is 11.6. The van der Waals surface area contributed by atoms with E-state index in [0.717, 1.165) is 0 Å². The number of benzene rings is 1. The van der Waals surface area contributed by atoms with Crippen molar-refractivity contribution < 1.29 is 18.3 Å². The summed E-state index contributed by atoms with van der Waals surface area (Å²) in [6.07, 6.45) is -0.158. The molecule has 1 aromatic rings. The first-order valence-corrected chi connectivity index (χ1v) is 7.09. The molecule has 1 aliphatic rings. The molecule has 0 radical (unpaired) electrons. The van der Waals surface area contributed by atoms with Gasteiger partial charge in [-0.15, -0.1) is 0 Å². The molecule has 1 aromatic carbocycles. The third-order valence-electron chi connectivity index (χ3n) is 2.60. The van der Waals surface area contributed by atoms with Crippen LogP contribution in [0.3, 0.4) is 0 Å². The molecule has 0 aliphatic carbocycles. The molecule has 1 aliphatic heterocycles. The molecule has 0 saturated heterocycles. The maximum atomic E-state index is 11.8. The predicted octanol–water partition coefficient (Wildman–Crippen LogP) is 1.79. The van der Waals surface area contributed by atoms with Gasteiger partial charge in [0, 0.05) is 10.4 Å². The Bertz CT molecular complexity index is 550. The van der Waals surface area contributed by atoms with Crippen molar-refractivity contribution in [2.45, 2.75) is 17.2 Å². The Balaban J connectivity index is 2.56. The van der Waals surface area contributed by atoms with Crippen LogP contribution in [0.4, 0.5) is 0 Å². The van der Waals surface area contributed by atoms with Gasteiger partial charge in [0.1, 0.15) is 0 Å². The normalized spacial score (nSPS) is 21.7. The van der Waals surface area contributed by atoms with E-state index < -0.39 is 21.7 Å². The van der Waals surface area contributed by atoms with Crippen molar-refractivity contribution in [2.75, 3.05) is 5.75 Å². The molecule has 0 spiro atoms. The molecule has 4 nitrogen and oxygen atoms in total. The molecular weight excluding hydrogens is 296 g/mol. The van der Waals surface area contributed by atoms with Crippen molar-refractivity contribution in [3.05, 3.63) is 28.2 Å². The number of carboxylic acid groups (broad SMARTS) is 1. The van der Waals surface area contributed by atoms with E-state index >= 15 is 0 Å². The average Bonchev–Trinajstić information content (AvgIpc) is 2.38. The second-order valence-corrected chi connectivity index (χ2v) is 6.58. The van der Waals surface area contributed by atoms with E-state index in [-0.39, 0.29) is 17.1 Å². The standard InChI is InChI=1S/C10H9BrO4S/c11-7-2-1-3-8-10(7)6(4-9(12)13)5-16(8,14)15/h1-3,6H,4-5H2,(H,12,13). The van der Waals surface area contributed by atoms with Gasteiger partial charge in [0.15, 0.2) is 9.84 Å². The molecule has 1 atom stereocenters. The third kappa shape index (κ3) is 1.87. The lowest BCUT2D eigenvalue weighted by Gasteiger charge is -2.08. The number of sulfone groups is 1. The highest BCUT2D eigenvalue weighted by Gasteiger charge is 2.37. The number of halogens is 1. The van der Waals surface area contributed by atoms with Crippen molar-refractivity contribution in [3.8, 4) is 0 Å². The minimum Gasteiger partial charge on any atom is -0.481 e. The van der Waals surface area contributed by atoms with Gasteiger partial charge in [-0.1, -0.05) is 22.0 Å². The van der Waals surface area contributed by atoms with Crippen molar-refractivity contribution in [2.24, 2.45) is 0 Å². The molecule has 0 fully saturated rings. The van der Waals surface area contributed by atoms with Crippen LogP contribution in [0, 0.1) is 0 Å². The van der Waals surface area contributed by atoms with Crippen LogP contribution >= 0.6 is 15.9 Å². The Morgan fingerprint density at radius 2 is 2.19 bits per heavy atom. The molecule has 86 valence electrons. The molecule has 16 heavy (non-hydrogen) atoms. The van der Waals surface area contributed by atoms with Crippen molar-refractivity contribution in [1.82, 2.24) is 0 Å². The van der Waals surface area contributed by atoms with Crippen LogP contribution in [0.15, 0.2) is 27.6 Å². The number of fused-ring (bicyclic) bond motifs is 1. The summed E-state index contributed by atoms with van der Waals surface area (Å²) in [5.74, 6) is -1.55. The maximum Gasteiger partial charge on any atom is 0.303 e. The number of aliphatic carboxylic acids is 1. The van der Waals surface area contributed by atoms with E-state index in [0.29, 0.717) is 10.0 Å². The molecule has 2 rings (SSSR count). The van der Waals surface area contributed by atoms with Gasteiger partial charge in [0.05, 0.1) is 17.1 Å². The lowest BCUT2D eigenvalue weighted by atomic mass is 9.98. The number of carbonyl (C=O) groups is 1. The Labute approximate surface area is 101 Å². The average molecular weight is 305 g/mol. The summed E-state index contributed by atoms with van der Waals surface area (Å²) < 4.78 is 24.2. The fraction of sp³-hybridized carbons (Fsp3) is 0.300. The minimum atomic E-state index is -3.32. The second-order valence-electron chi connectivity index (χ2n) is 3.73. The summed E-state index contributed by atoms with van der Waals surface area (Å²) >= 11 is 3.27. The predicted molar refractivity (Wildman–Crippen MR) is 61.2 cm³/mol. The second kappa shape index (κ2) is 3.85. The lowest BCUT2D eigenvalue weighted by Crippen LogP contribution is -2.08. The SMILES string of the molecule is O=C(O)CC1CS(=O)(=O)c2cccc(Br)c21. The van der Waals surface area contributed by atoms with Gasteiger partial charge in [-0.2, -0.15) is 0 Å². The molecule has 1 unspecified atom stereocenters. The molecule has 6 heteroatoms. The third-order valence-corrected chi connectivity index (χ3v) is 5.16. The zero-order chi connectivity index (χ0) is 11.9. The fourth-order valence-corrected chi connectivity index (χ4v) is 4.71. The van der Waals surface area contributed by atoms with Gasteiger partial charge in [0.25, 0.3) is 0 Å². The molecular formula is C10H9BrO4S. The van der Waals surface area contributed by atoms with Crippen LogP contribution in [-0.4, -0.2) is 25.2 Å². The number of carboxylic acids is 1. The molecule has 0 aromatic heterocycles. The van der Waals surface area contributed by atoms with Crippen molar-refractivity contribution in [3.63, 3.8) is 0 Å².